The predicted octanol–water partition coefficient (Wildman–Crippen LogP) is 4.46. The number of anilines is 2. The van der Waals surface area contributed by atoms with Crippen LogP contribution in [0.25, 0.3) is 0 Å². The molecule has 110 valence electrons. The van der Waals surface area contributed by atoms with Crippen molar-refractivity contribution in [2.45, 2.75) is 13.1 Å². The molecule has 0 aliphatic heterocycles. The van der Waals surface area contributed by atoms with Crippen LogP contribution < -0.4 is 5.32 Å². The van der Waals surface area contributed by atoms with Crippen molar-refractivity contribution in [1.82, 2.24) is 0 Å². The Morgan fingerprint density at radius 3 is 2.24 bits per heavy atom. The van der Waals surface area contributed by atoms with Gasteiger partial charge in [0, 0.05) is 11.4 Å². The highest BCUT2D eigenvalue weighted by atomic mass is 19.4. The van der Waals surface area contributed by atoms with Gasteiger partial charge in [-0.3, -0.25) is 0 Å². The molecule has 3 nitrogen and oxygen atoms in total. The summed E-state index contributed by atoms with van der Waals surface area (Å²) in [4.78, 5) is 10.7. The minimum Gasteiger partial charge on any atom is -0.478 e. The number of carboxylic acids is 1. The summed E-state index contributed by atoms with van der Waals surface area (Å²) < 4.78 is 38.1. The van der Waals surface area contributed by atoms with Crippen molar-refractivity contribution >= 4 is 17.3 Å². The summed E-state index contributed by atoms with van der Waals surface area (Å²) in [5.74, 6) is -1.06. The lowest BCUT2D eigenvalue weighted by Crippen LogP contribution is -2.06. The van der Waals surface area contributed by atoms with Gasteiger partial charge in [-0.1, -0.05) is 6.07 Å². The lowest BCUT2D eigenvalue weighted by atomic mass is 10.1. The molecule has 2 aromatic rings. The molecule has 0 radical (unpaired) electrons. The molecule has 0 atom stereocenters. The number of carboxylic acid groups (broad SMARTS) is 1. The number of nitrogens with one attached hydrogen (secondary N) is 1. The zero-order valence-corrected chi connectivity index (χ0v) is 11.0. The Balaban J connectivity index is 2.28. The third-order valence-electron chi connectivity index (χ3n) is 2.98. The van der Waals surface area contributed by atoms with E-state index in [0.717, 1.165) is 12.1 Å². The van der Waals surface area contributed by atoms with Crippen LogP contribution in [0.5, 0.6) is 0 Å². The number of halogens is 3. The van der Waals surface area contributed by atoms with Gasteiger partial charge in [-0.15, -0.1) is 0 Å². The van der Waals surface area contributed by atoms with Crippen molar-refractivity contribution in [2.75, 3.05) is 5.32 Å². The summed E-state index contributed by atoms with van der Waals surface area (Å²) in [5, 5.41) is 11.6. The molecule has 0 spiro atoms. The van der Waals surface area contributed by atoms with Crippen LogP contribution in [0.3, 0.4) is 0 Å². The maximum Gasteiger partial charge on any atom is 0.416 e. The number of alkyl halides is 3. The Morgan fingerprint density at radius 1 is 1.10 bits per heavy atom. The first kappa shape index (κ1) is 14.9. The van der Waals surface area contributed by atoms with Crippen molar-refractivity contribution < 1.29 is 23.1 Å². The molecule has 6 heteroatoms. The SMILES string of the molecule is Cc1ccc(C(F)(F)F)cc1Nc1ccc(C(=O)O)cc1. The lowest BCUT2D eigenvalue weighted by Gasteiger charge is -2.13. The van der Waals surface area contributed by atoms with Crippen LogP contribution in [-0.2, 0) is 6.18 Å². The van der Waals surface area contributed by atoms with Crippen LogP contribution >= 0.6 is 0 Å². The second-order valence-corrected chi connectivity index (χ2v) is 4.53. The largest absolute Gasteiger partial charge is 0.478 e. The fourth-order valence-electron chi connectivity index (χ4n) is 1.78. The van der Waals surface area contributed by atoms with Crippen LogP contribution in [0, 0.1) is 6.92 Å². The van der Waals surface area contributed by atoms with Crippen molar-refractivity contribution in [1.29, 1.82) is 0 Å². The van der Waals surface area contributed by atoms with Gasteiger partial charge in [-0.25, -0.2) is 4.79 Å². The van der Waals surface area contributed by atoms with Gasteiger partial charge in [0.05, 0.1) is 11.1 Å². The van der Waals surface area contributed by atoms with E-state index in [1.165, 1.54) is 30.3 Å². The van der Waals surface area contributed by atoms with Gasteiger partial charge in [-0.05, 0) is 48.9 Å². The van der Waals surface area contributed by atoms with E-state index in [1.54, 1.807) is 6.92 Å². The quantitative estimate of drug-likeness (QED) is 0.879. The first-order valence-corrected chi connectivity index (χ1v) is 6.05. The van der Waals surface area contributed by atoms with E-state index < -0.39 is 17.7 Å². The third-order valence-corrected chi connectivity index (χ3v) is 2.98. The molecule has 0 aliphatic rings. The molecule has 0 fully saturated rings. The van der Waals surface area contributed by atoms with Gasteiger partial charge in [-0.2, -0.15) is 13.2 Å². The minimum atomic E-state index is -4.41. The van der Waals surface area contributed by atoms with Crippen LogP contribution in [-0.4, -0.2) is 11.1 Å². The normalized spacial score (nSPS) is 11.2. The molecule has 0 amide bonds. The Morgan fingerprint density at radius 2 is 1.71 bits per heavy atom. The van der Waals surface area contributed by atoms with Crippen molar-refractivity contribution in [3.05, 3.63) is 59.2 Å². The molecule has 2 N–H and O–H groups in total. The number of carbonyl (C=O) groups is 1. The van der Waals surface area contributed by atoms with Crippen LogP contribution in [0.2, 0.25) is 0 Å². The molecule has 0 saturated carbocycles. The summed E-state index contributed by atoms with van der Waals surface area (Å²) in [6.45, 7) is 1.69. The molecule has 0 aliphatic carbocycles. The molecule has 0 aromatic heterocycles. The number of aryl methyl sites for hydroxylation is 1. The predicted molar refractivity (Wildman–Crippen MR) is 72.9 cm³/mol. The van der Waals surface area contributed by atoms with Gasteiger partial charge in [0.15, 0.2) is 0 Å². The average Bonchev–Trinajstić information content (AvgIpc) is 2.40. The highest BCUT2D eigenvalue weighted by Gasteiger charge is 2.30. The summed E-state index contributed by atoms with van der Waals surface area (Å²) in [7, 11) is 0. The van der Waals surface area contributed by atoms with E-state index in [-0.39, 0.29) is 5.56 Å². The molecular weight excluding hydrogens is 283 g/mol. The highest BCUT2D eigenvalue weighted by molar-refractivity contribution is 5.88. The minimum absolute atomic E-state index is 0.112. The first-order valence-electron chi connectivity index (χ1n) is 6.05. The zero-order chi connectivity index (χ0) is 15.6. The van der Waals surface area contributed by atoms with E-state index in [4.69, 9.17) is 5.11 Å². The van der Waals surface area contributed by atoms with E-state index >= 15 is 0 Å². The molecule has 21 heavy (non-hydrogen) atoms. The summed E-state index contributed by atoms with van der Waals surface area (Å²) in [6, 6.07) is 9.21. The standard InChI is InChI=1S/C15H12F3NO2/c1-9-2-5-11(15(16,17)18)8-13(9)19-12-6-3-10(4-7-12)14(20)21/h2-8,19H,1H3,(H,20,21). The first-order chi connectivity index (χ1) is 9.77. The smallest absolute Gasteiger partial charge is 0.416 e. The van der Waals surface area contributed by atoms with Gasteiger partial charge in [0.1, 0.15) is 0 Å². The zero-order valence-electron chi connectivity index (χ0n) is 11.0. The lowest BCUT2D eigenvalue weighted by molar-refractivity contribution is -0.137. The number of hydrogen-bond acceptors (Lipinski definition) is 2. The Bertz CT molecular complexity index is 664. The number of rotatable bonds is 3. The fourth-order valence-corrected chi connectivity index (χ4v) is 1.78. The number of benzene rings is 2. The van der Waals surface area contributed by atoms with Gasteiger partial charge < -0.3 is 10.4 Å². The van der Waals surface area contributed by atoms with Crippen molar-refractivity contribution in [3.8, 4) is 0 Å². The maximum absolute atomic E-state index is 12.7. The van der Waals surface area contributed by atoms with Crippen LogP contribution in [0.4, 0.5) is 24.5 Å². The Hall–Kier alpha value is -2.50. The van der Waals surface area contributed by atoms with E-state index in [0.29, 0.717) is 16.9 Å². The van der Waals surface area contributed by atoms with Gasteiger partial charge in [0.2, 0.25) is 0 Å². The molecule has 0 unspecified atom stereocenters. The average molecular weight is 295 g/mol. The topological polar surface area (TPSA) is 49.3 Å². The van der Waals surface area contributed by atoms with Crippen LogP contribution in [0.1, 0.15) is 21.5 Å². The Labute approximate surface area is 119 Å². The molecular formula is C15H12F3NO2. The molecule has 0 bridgehead atoms. The van der Waals surface area contributed by atoms with Gasteiger partial charge >= 0.3 is 12.1 Å². The van der Waals surface area contributed by atoms with Crippen molar-refractivity contribution in [3.63, 3.8) is 0 Å². The number of hydrogen-bond donors (Lipinski definition) is 2. The molecule has 0 saturated heterocycles. The van der Waals surface area contributed by atoms with E-state index in [9.17, 15) is 18.0 Å². The second kappa shape index (κ2) is 5.47. The van der Waals surface area contributed by atoms with Crippen molar-refractivity contribution in [2.24, 2.45) is 0 Å². The van der Waals surface area contributed by atoms with E-state index in [2.05, 4.69) is 5.32 Å². The summed E-state index contributed by atoms with van der Waals surface area (Å²) >= 11 is 0. The fraction of sp³-hybridized carbons (Fsp3) is 0.133. The van der Waals surface area contributed by atoms with Crippen LogP contribution in [0.15, 0.2) is 42.5 Å². The second-order valence-electron chi connectivity index (χ2n) is 4.53. The van der Waals surface area contributed by atoms with Gasteiger partial charge in [0.25, 0.3) is 0 Å². The molecule has 0 heterocycles. The molecule has 2 rings (SSSR count). The maximum atomic E-state index is 12.7. The highest BCUT2D eigenvalue weighted by Crippen LogP contribution is 2.33. The summed E-state index contributed by atoms with van der Waals surface area (Å²) in [6.07, 6.45) is -4.41. The number of aromatic carboxylic acids is 1. The monoisotopic (exact) mass is 295 g/mol. The molecule has 2 aromatic carbocycles. The van der Waals surface area contributed by atoms with E-state index in [1.807, 2.05) is 0 Å². The third kappa shape index (κ3) is 3.53. The summed E-state index contributed by atoms with van der Waals surface area (Å²) in [5.41, 5.74) is 0.875. The Kier molecular flexibility index (Phi) is 3.88.